The molecular weight excluding hydrogens is 196 g/mol. The fourth-order valence-electron chi connectivity index (χ4n) is 1.47. The minimum absolute atomic E-state index is 0.0515. The molecule has 0 spiro atoms. The molecule has 0 unspecified atom stereocenters. The van der Waals surface area contributed by atoms with Crippen LogP contribution in [0.5, 0.6) is 0 Å². The van der Waals surface area contributed by atoms with Crippen LogP contribution < -0.4 is 0 Å². The van der Waals surface area contributed by atoms with Crippen LogP contribution in [-0.4, -0.2) is 24.0 Å². The summed E-state index contributed by atoms with van der Waals surface area (Å²) < 4.78 is 5.22. The lowest BCUT2D eigenvalue weighted by atomic mass is 10.1. The number of hydrogen-bond donors (Lipinski definition) is 0. The second-order valence-corrected chi connectivity index (χ2v) is 3.31. The summed E-state index contributed by atoms with van der Waals surface area (Å²) >= 11 is 0. The summed E-state index contributed by atoms with van der Waals surface area (Å²) in [4.78, 5) is 14.5. The normalized spacial score (nSPS) is 14.6. The van der Waals surface area contributed by atoms with Crippen LogP contribution in [-0.2, 0) is 4.74 Å². The Kier molecular flexibility index (Phi) is 2.37. The number of nitro benzene ring substituents is 1. The monoisotopic (exact) mass is 206 g/mol. The summed E-state index contributed by atoms with van der Waals surface area (Å²) in [5.74, 6) is 0.377. The largest absolute Gasteiger partial charge is 0.475 e. The van der Waals surface area contributed by atoms with Crippen molar-refractivity contribution in [1.29, 1.82) is 0 Å². The van der Waals surface area contributed by atoms with Crippen LogP contribution in [0.3, 0.4) is 0 Å². The van der Waals surface area contributed by atoms with Gasteiger partial charge in [-0.1, -0.05) is 6.07 Å². The third-order valence-electron chi connectivity index (χ3n) is 2.17. The lowest BCUT2D eigenvalue weighted by Crippen LogP contribution is -2.05. The summed E-state index contributed by atoms with van der Waals surface area (Å²) in [6.07, 6.45) is 0. The van der Waals surface area contributed by atoms with E-state index in [1.807, 2.05) is 13.0 Å². The molecule has 78 valence electrons. The number of nitrogens with zero attached hydrogens (tertiary/aromatic N) is 2. The standard InChI is InChI=1S/C10H10N2O3/c1-7-2-3-8(9(6-7)12(13)14)10-11-4-5-15-10/h2-3,6H,4-5H2,1H3. The first-order chi connectivity index (χ1) is 7.18. The van der Waals surface area contributed by atoms with Crippen molar-refractivity contribution in [1.82, 2.24) is 0 Å². The number of aliphatic imine (C=N–C) groups is 1. The van der Waals surface area contributed by atoms with Gasteiger partial charge in [-0.2, -0.15) is 0 Å². The maximum Gasteiger partial charge on any atom is 0.282 e. The molecule has 0 atom stereocenters. The molecule has 0 radical (unpaired) electrons. The molecule has 0 N–H and O–H groups in total. The molecule has 1 aliphatic rings. The van der Waals surface area contributed by atoms with Gasteiger partial charge in [0.05, 0.1) is 11.5 Å². The van der Waals surface area contributed by atoms with Crippen molar-refractivity contribution in [2.45, 2.75) is 6.92 Å². The van der Waals surface area contributed by atoms with Gasteiger partial charge in [-0.15, -0.1) is 0 Å². The zero-order valence-corrected chi connectivity index (χ0v) is 8.27. The predicted molar refractivity (Wildman–Crippen MR) is 55.2 cm³/mol. The van der Waals surface area contributed by atoms with E-state index in [4.69, 9.17) is 4.74 Å². The van der Waals surface area contributed by atoms with Crippen molar-refractivity contribution in [3.63, 3.8) is 0 Å². The molecule has 0 bridgehead atoms. The number of rotatable bonds is 2. The second kappa shape index (κ2) is 3.68. The highest BCUT2D eigenvalue weighted by Gasteiger charge is 2.21. The van der Waals surface area contributed by atoms with E-state index < -0.39 is 4.92 Å². The summed E-state index contributed by atoms with van der Waals surface area (Å²) in [5.41, 5.74) is 1.36. The van der Waals surface area contributed by atoms with E-state index >= 15 is 0 Å². The van der Waals surface area contributed by atoms with Crippen LogP contribution in [0.15, 0.2) is 23.2 Å². The molecule has 5 heteroatoms. The summed E-state index contributed by atoms with van der Waals surface area (Å²) in [5, 5.41) is 10.8. The van der Waals surface area contributed by atoms with Gasteiger partial charge >= 0.3 is 0 Å². The van der Waals surface area contributed by atoms with Crippen LogP contribution in [0.25, 0.3) is 0 Å². The van der Waals surface area contributed by atoms with Gasteiger partial charge in [0.25, 0.3) is 5.69 Å². The van der Waals surface area contributed by atoms with E-state index in [9.17, 15) is 10.1 Å². The molecule has 0 amide bonds. The van der Waals surface area contributed by atoms with Crippen molar-refractivity contribution >= 4 is 11.6 Å². The van der Waals surface area contributed by atoms with Crippen LogP contribution in [0.2, 0.25) is 0 Å². The van der Waals surface area contributed by atoms with E-state index in [1.54, 1.807) is 6.07 Å². The Balaban J connectivity index is 2.50. The number of ether oxygens (including phenoxy) is 1. The van der Waals surface area contributed by atoms with Gasteiger partial charge in [-0.25, -0.2) is 4.99 Å². The van der Waals surface area contributed by atoms with E-state index in [0.717, 1.165) is 5.56 Å². The molecular formula is C10H10N2O3. The van der Waals surface area contributed by atoms with Crippen LogP contribution in [0.4, 0.5) is 5.69 Å². The first-order valence-electron chi connectivity index (χ1n) is 4.61. The summed E-state index contributed by atoms with van der Waals surface area (Å²) in [7, 11) is 0. The van der Waals surface area contributed by atoms with Crippen molar-refractivity contribution < 1.29 is 9.66 Å². The zero-order valence-electron chi connectivity index (χ0n) is 8.27. The first-order valence-corrected chi connectivity index (χ1v) is 4.61. The number of hydrogen-bond acceptors (Lipinski definition) is 4. The SMILES string of the molecule is Cc1ccc(C2=NCCO2)c([N+](=O)[O-])c1. The van der Waals surface area contributed by atoms with E-state index in [0.29, 0.717) is 24.6 Å². The van der Waals surface area contributed by atoms with E-state index in [-0.39, 0.29) is 5.69 Å². The molecule has 1 heterocycles. The highest BCUT2D eigenvalue weighted by molar-refractivity contribution is 5.98. The Morgan fingerprint density at radius 1 is 1.53 bits per heavy atom. The van der Waals surface area contributed by atoms with Crippen molar-refractivity contribution in [3.8, 4) is 0 Å². The van der Waals surface area contributed by atoms with Gasteiger partial charge in [-0.05, 0) is 18.6 Å². The molecule has 0 fully saturated rings. The average Bonchev–Trinajstić information content (AvgIpc) is 2.70. The number of nitro groups is 1. The van der Waals surface area contributed by atoms with Crippen molar-refractivity contribution in [2.75, 3.05) is 13.2 Å². The molecule has 0 aromatic heterocycles. The van der Waals surface area contributed by atoms with Crippen LogP contribution in [0, 0.1) is 17.0 Å². The quantitative estimate of drug-likeness (QED) is 0.546. The molecule has 1 aromatic carbocycles. The van der Waals surface area contributed by atoms with Gasteiger partial charge in [0, 0.05) is 6.07 Å². The molecule has 1 aliphatic heterocycles. The number of aryl methyl sites for hydroxylation is 1. The molecule has 0 saturated carbocycles. The molecule has 0 saturated heterocycles. The molecule has 1 aromatic rings. The Morgan fingerprint density at radius 3 is 2.93 bits per heavy atom. The second-order valence-electron chi connectivity index (χ2n) is 3.31. The maximum absolute atomic E-state index is 10.8. The fourth-order valence-corrected chi connectivity index (χ4v) is 1.47. The summed E-state index contributed by atoms with van der Waals surface area (Å²) in [6, 6.07) is 5.02. The smallest absolute Gasteiger partial charge is 0.282 e. The first kappa shape index (κ1) is 9.64. The van der Waals surface area contributed by atoms with Gasteiger partial charge < -0.3 is 4.74 Å². The highest BCUT2D eigenvalue weighted by atomic mass is 16.6. The minimum atomic E-state index is -0.410. The molecule has 5 nitrogen and oxygen atoms in total. The number of benzene rings is 1. The Labute approximate surface area is 86.5 Å². The zero-order chi connectivity index (χ0) is 10.8. The minimum Gasteiger partial charge on any atom is -0.475 e. The third kappa shape index (κ3) is 1.81. The third-order valence-corrected chi connectivity index (χ3v) is 2.17. The average molecular weight is 206 g/mol. The molecule has 0 aliphatic carbocycles. The van der Waals surface area contributed by atoms with E-state index in [1.165, 1.54) is 6.07 Å². The predicted octanol–water partition coefficient (Wildman–Crippen LogP) is 1.68. The Bertz CT molecular complexity index is 440. The van der Waals surface area contributed by atoms with Crippen LogP contribution in [0.1, 0.15) is 11.1 Å². The lowest BCUT2D eigenvalue weighted by Gasteiger charge is -2.03. The Hall–Kier alpha value is -1.91. The topological polar surface area (TPSA) is 64.7 Å². The van der Waals surface area contributed by atoms with Crippen molar-refractivity contribution in [3.05, 3.63) is 39.4 Å². The van der Waals surface area contributed by atoms with Gasteiger partial charge in [0.2, 0.25) is 5.90 Å². The fraction of sp³-hybridized carbons (Fsp3) is 0.300. The van der Waals surface area contributed by atoms with Gasteiger partial charge in [-0.3, -0.25) is 10.1 Å². The van der Waals surface area contributed by atoms with Gasteiger partial charge in [0.1, 0.15) is 12.2 Å². The van der Waals surface area contributed by atoms with Crippen molar-refractivity contribution in [2.24, 2.45) is 4.99 Å². The van der Waals surface area contributed by atoms with Crippen LogP contribution >= 0.6 is 0 Å². The summed E-state index contributed by atoms with van der Waals surface area (Å²) in [6.45, 7) is 2.88. The molecule has 15 heavy (non-hydrogen) atoms. The van der Waals surface area contributed by atoms with E-state index in [2.05, 4.69) is 4.99 Å². The highest BCUT2D eigenvalue weighted by Crippen LogP contribution is 2.22. The lowest BCUT2D eigenvalue weighted by molar-refractivity contribution is -0.385. The Morgan fingerprint density at radius 2 is 2.33 bits per heavy atom. The maximum atomic E-state index is 10.8. The van der Waals surface area contributed by atoms with Gasteiger partial charge in [0.15, 0.2) is 0 Å². The molecule has 2 rings (SSSR count).